The molecular weight excluding hydrogens is 193 g/mol. The Morgan fingerprint density at radius 2 is 2.00 bits per heavy atom. The third kappa shape index (κ3) is 4.11. The van der Waals surface area contributed by atoms with Gasteiger partial charge in [-0.2, -0.15) is 13.2 Å². The molecule has 14 heavy (non-hydrogen) atoms. The fourth-order valence-corrected chi connectivity index (χ4v) is 0.789. The molecule has 0 unspecified atom stereocenters. The standard InChI is InChI=1S/C9H13F3N2/c1-3-7(4-2)14-8(5-6-13)9(10,11)12/h3,5-6H,4,13H2,1-2H3/b6-5-,7-3-,14-8+. The molecule has 0 heterocycles. The zero-order chi connectivity index (χ0) is 11.2. The van der Waals surface area contributed by atoms with E-state index in [2.05, 4.69) is 4.99 Å². The summed E-state index contributed by atoms with van der Waals surface area (Å²) in [6, 6.07) is 0. The number of nitrogens with two attached hydrogens (primary N) is 1. The van der Waals surface area contributed by atoms with Gasteiger partial charge in [0.05, 0.1) is 0 Å². The smallest absolute Gasteiger partial charge is 0.405 e. The molecule has 0 fully saturated rings. The summed E-state index contributed by atoms with van der Waals surface area (Å²) in [5.41, 5.74) is 4.31. The molecule has 0 radical (unpaired) electrons. The Labute approximate surface area is 81.0 Å². The van der Waals surface area contributed by atoms with Gasteiger partial charge in [-0.05, 0) is 25.6 Å². The van der Waals surface area contributed by atoms with E-state index in [1.165, 1.54) is 6.08 Å². The minimum atomic E-state index is -4.46. The quantitative estimate of drug-likeness (QED) is 0.708. The summed E-state index contributed by atoms with van der Waals surface area (Å²) in [6.45, 7) is 3.38. The van der Waals surface area contributed by atoms with Crippen LogP contribution in [0.5, 0.6) is 0 Å². The van der Waals surface area contributed by atoms with Crippen LogP contribution in [-0.4, -0.2) is 11.9 Å². The van der Waals surface area contributed by atoms with Crippen molar-refractivity contribution in [1.82, 2.24) is 0 Å². The Hall–Kier alpha value is -1.26. The van der Waals surface area contributed by atoms with Crippen LogP contribution in [0.15, 0.2) is 29.0 Å². The summed E-state index contributed by atoms with van der Waals surface area (Å²) in [5.74, 6) is 0. The molecular formula is C9H13F3N2. The average molecular weight is 206 g/mol. The number of nitrogens with zero attached hydrogens (tertiary/aromatic N) is 1. The molecule has 0 aromatic heterocycles. The van der Waals surface area contributed by atoms with Gasteiger partial charge in [-0.25, -0.2) is 4.99 Å². The van der Waals surface area contributed by atoms with Gasteiger partial charge >= 0.3 is 6.18 Å². The molecule has 80 valence electrons. The van der Waals surface area contributed by atoms with Crippen LogP contribution in [0.2, 0.25) is 0 Å². The molecule has 2 nitrogen and oxygen atoms in total. The maximum atomic E-state index is 12.3. The highest BCUT2D eigenvalue weighted by atomic mass is 19.4. The van der Waals surface area contributed by atoms with Gasteiger partial charge in [0.1, 0.15) is 5.71 Å². The Morgan fingerprint density at radius 1 is 1.43 bits per heavy atom. The summed E-state index contributed by atoms with van der Waals surface area (Å²) in [5, 5.41) is 0. The van der Waals surface area contributed by atoms with E-state index >= 15 is 0 Å². The van der Waals surface area contributed by atoms with E-state index in [0.29, 0.717) is 12.1 Å². The monoisotopic (exact) mass is 206 g/mol. The van der Waals surface area contributed by atoms with E-state index in [9.17, 15) is 13.2 Å². The highest BCUT2D eigenvalue weighted by molar-refractivity contribution is 5.99. The molecule has 0 rings (SSSR count). The molecule has 0 aromatic rings. The summed E-state index contributed by atoms with van der Waals surface area (Å²) in [4.78, 5) is 3.46. The van der Waals surface area contributed by atoms with Crippen molar-refractivity contribution in [3.63, 3.8) is 0 Å². The minimum Gasteiger partial charge on any atom is -0.405 e. The largest absolute Gasteiger partial charge is 0.433 e. The SMILES string of the molecule is C\C=C(CC)/N=C(\C=C/N)C(F)(F)F. The average Bonchev–Trinajstić information content (AvgIpc) is 2.10. The third-order valence-electron chi connectivity index (χ3n) is 1.50. The van der Waals surface area contributed by atoms with Crippen molar-refractivity contribution in [2.45, 2.75) is 26.4 Å². The van der Waals surface area contributed by atoms with Gasteiger partial charge in [0.25, 0.3) is 0 Å². The van der Waals surface area contributed by atoms with Gasteiger partial charge in [-0.3, -0.25) is 0 Å². The van der Waals surface area contributed by atoms with Crippen LogP contribution in [0.1, 0.15) is 20.3 Å². The number of rotatable bonds is 3. The summed E-state index contributed by atoms with van der Waals surface area (Å²) in [6.07, 6.45) is -0.891. The molecule has 0 saturated heterocycles. The van der Waals surface area contributed by atoms with Gasteiger partial charge in [-0.15, -0.1) is 0 Å². The molecule has 0 bridgehead atoms. The molecule has 0 saturated carbocycles. The maximum Gasteiger partial charge on any atom is 0.433 e. The lowest BCUT2D eigenvalue weighted by atomic mass is 10.3. The second-order valence-corrected chi connectivity index (χ2v) is 2.49. The van der Waals surface area contributed by atoms with Gasteiger partial charge in [0.15, 0.2) is 0 Å². The molecule has 5 heteroatoms. The second-order valence-electron chi connectivity index (χ2n) is 2.49. The summed E-state index contributed by atoms with van der Waals surface area (Å²) in [7, 11) is 0. The molecule has 2 N–H and O–H groups in total. The number of hydrogen-bond acceptors (Lipinski definition) is 2. The number of allylic oxidation sites excluding steroid dienone is 3. The number of hydrogen-bond donors (Lipinski definition) is 1. The topological polar surface area (TPSA) is 38.4 Å². The Morgan fingerprint density at radius 3 is 2.29 bits per heavy atom. The number of aliphatic imine (C=N–C) groups is 1. The summed E-state index contributed by atoms with van der Waals surface area (Å²) < 4.78 is 36.8. The molecule has 0 aromatic carbocycles. The van der Waals surface area contributed by atoms with Crippen molar-refractivity contribution in [2.24, 2.45) is 10.7 Å². The van der Waals surface area contributed by atoms with Crippen LogP contribution in [0.4, 0.5) is 13.2 Å². The van der Waals surface area contributed by atoms with Crippen molar-refractivity contribution < 1.29 is 13.2 Å². The first kappa shape index (κ1) is 12.7. The first-order valence-corrected chi connectivity index (χ1v) is 4.15. The Kier molecular flexibility index (Phi) is 4.97. The van der Waals surface area contributed by atoms with E-state index in [0.717, 1.165) is 12.3 Å². The molecule has 0 atom stereocenters. The predicted molar refractivity (Wildman–Crippen MR) is 50.9 cm³/mol. The molecule has 0 aliphatic heterocycles. The zero-order valence-corrected chi connectivity index (χ0v) is 8.10. The van der Waals surface area contributed by atoms with Crippen molar-refractivity contribution >= 4 is 5.71 Å². The van der Waals surface area contributed by atoms with Crippen molar-refractivity contribution in [3.05, 3.63) is 24.0 Å². The van der Waals surface area contributed by atoms with E-state index in [-0.39, 0.29) is 0 Å². The molecule has 0 aliphatic carbocycles. The number of alkyl halides is 3. The Bertz CT molecular complexity index is 262. The van der Waals surface area contributed by atoms with E-state index in [1.807, 2.05) is 0 Å². The normalized spacial score (nSPS) is 15.2. The summed E-state index contributed by atoms with van der Waals surface area (Å²) >= 11 is 0. The van der Waals surface area contributed by atoms with Gasteiger partial charge in [-0.1, -0.05) is 13.0 Å². The van der Waals surface area contributed by atoms with Crippen LogP contribution < -0.4 is 5.73 Å². The lowest BCUT2D eigenvalue weighted by Crippen LogP contribution is -2.21. The Balaban J connectivity index is 5.01. The fraction of sp³-hybridized carbons (Fsp3) is 0.444. The second kappa shape index (κ2) is 5.47. The first-order chi connectivity index (χ1) is 6.45. The van der Waals surface area contributed by atoms with Crippen LogP contribution in [0.3, 0.4) is 0 Å². The minimum absolute atomic E-state index is 0.385. The maximum absolute atomic E-state index is 12.3. The van der Waals surface area contributed by atoms with E-state index in [4.69, 9.17) is 5.73 Å². The molecule has 0 aliphatic rings. The van der Waals surface area contributed by atoms with Crippen LogP contribution in [0, 0.1) is 0 Å². The van der Waals surface area contributed by atoms with Crippen LogP contribution in [0.25, 0.3) is 0 Å². The number of halogens is 3. The van der Waals surface area contributed by atoms with Gasteiger partial charge in [0, 0.05) is 5.70 Å². The highest BCUT2D eigenvalue weighted by Gasteiger charge is 2.33. The van der Waals surface area contributed by atoms with Crippen molar-refractivity contribution in [1.29, 1.82) is 0 Å². The first-order valence-electron chi connectivity index (χ1n) is 4.15. The fourth-order valence-electron chi connectivity index (χ4n) is 0.789. The van der Waals surface area contributed by atoms with Crippen LogP contribution >= 0.6 is 0 Å². The predicted octanol–water partition coefficient (Wildman–Crippen LogP) is 2.78. The van der Waals surface area contributed by atoms with Crippen molar-refractivity contribution in [3.8, 4) is 0 Å². The van der Waals surface area contributed by atoms with Gasteiger partial charge in [0.2, 0.25) is 0 Å². The van der Waals surface area contributed by atoms with Crippen molar-refractivity contribution in [2.75, 3.05) is 0 Å². The lowest BCUT2D eigenvalue weighted by molar-refractivity contribution is -0.0577. The third-order valence-corrected chi connectivity index (χ3v) is 1.50. The highest BCUT2D eigenvalue weighted by Crippen LogP contribution is 2.20. The molecule has 0 amide bonds. The van der Waals surface area contributed by atoms with Crippen LogP contribution in [-0.2, 0) is 0 Å². The molecule has 0 spiro atoms. The lowest BCUT2D eigenvalue weighted by Gasteiger charge is -2.06. The van der Waals surface area contributed by atoms with Gasteiger partial charge < -0.3 is 5.73 Å². The van der Waals surface area contributed by atoms with E-state index < -0.39 is 11.9 Å². The zero-order valence-electron chi connectivity index (χ0n) is 8.10. The van der Waals surface area contributed by atoms with E-state index in [1.54, 1.807) is 13.8 Å².